The first kappa shape index (κ1) is 14.6. The molecule has 4 aromatic rings. The van der Waals surface area contributed by atoms with Gasteiger partial charge in [0.05, 0.1) is 0 Å². The summed E-state index contributed by atoms with van der Waals surface area (Å²) in [5.74, 6) is 1.07. The zero-order valence-electron chi connectivity index (χ0n) is 13.5. The van der Waals surface area contributed by atoms with Gasteiger partial charge >= 0.3 is 5.63 Å². The molecule has 0 aliphatic rings. The summed E-state index contributed by atoms with van der Waals surface area (Å²) < 4.78 is 11.4. The molecule has 0 saturated heterocycles. The van der Waals surface area contributed by atoms with Gasteiger partial charge < -0.3 is 14.6 Å². The molecule has 0 unspecified atom stereocenters. The van der Waals surface area contributed by atoms with Crippen molar-refractivity contribution in [2.24, 2.45) is 0 Å². The summed E-state index contributed by atoms with van der Waals surface area (Å²) >= 11 is 0. The minimum absolute atomic E-state index is 0.196. The van der Waals surface area contributed by atoms with Gasteiger partial charge in [0.1, 0.15) is 16.9 Å². The highest BCUT2D eigenvalue weighted by atomic mass is 16.4. The van der Waals surface area contributed by atoms with E-state index < -0.39 is 0 Å². The fraction of sp³-hybridized carbons (Fsp3) is 0.150. The summed E-state index contributed by atoms with van der Waals surface area (Å²) in [6.07, 6.45) is 0. The monoisotopic (exact) mass is 319 g/mol. The van der Waals surface area contributed by atoms with Gasteiger partial charge in [0.2, 0.25) is 0 Å². The lowest BCUT2D eigenvalue weighted by atomic mass is 9.95. The summed E-state index contributed by atoms with van der Waals surface area (Å²) in [6.45, 7) is 4.17. The molecule has 4 rings (SSSR count). The van der Waals surface area contributed by atoms with E-state index in [1.165, 1.54) is 6.07 Å². The molecular formula is C20H17NO3. The van der Waals surface area contributed by atoms with Crippen molar-refractivity contribution >= 4 is 27.6 Å². The maximum atomic E-state index is 11.5. The maximum absolute atomic E-state index is 11.5. The van der Waals surface area contributed by atoms with Crippen molar-refractivity contribution in [2.45, 2.75) is 19.8 Å². The van der Waals surface area contributed by atoms with E-state index in [-0.39, 0.29) is 11.5 Å². The van der Waals surface area contributed by atoms with Gasteiger partial charge in [-0.15, -0.1) is 0 Å². The topological polar surface area (TPSA) is 69.4 Å². The van der Waals surface area contributed by atoms with E-state index in [0.717, 1.165) is 27.7 Å². The molecule has 0 amide bonds. The molecule has 120 valence electrons. The van der Waals surface area contributed by atoms with Crippen LogP contribution >= 0.6 is 0 Å². The fourth-order valence-corrected chi connectivity index (χ4v) is 3.09. The predicted octanol–water partition coefficient (Wildman–Crippen LogP) is 4.91. The third-order valence-electron chi connectivity index (χ3n) is 4.21. The van der Waals surface area contributed by atoms with Crippen molar-refractivity contribution in [2.75, 3.05) is 5.73 Å². The largest absolute Gasteiger partial charge is 0.460 e. The SMILES string of the molecule is CC(C)c1oc2cc3oc(=O)ccc3cc2c1-c1ccccc1N. The summed E-state index contributed by atoms with van der Waals surface area (Å²) in [7, 11) is 0. The van der Waals surface area contributed by atoms with Gasteiger partial charge in [-0.05, 0) is 18.2 Å². The third kappa shape index (κ3) is 2.19. The van der Waals surface area contributed by atoms with Crippen LogP contribution in [0.25, 0.3) is 33.1 Å². The normalized spacial score (nSPS) is 11.6. The number of nitrogen functional groups attached to an aromatic ring is 1. The molecule has 0 saturated carbocycles. The number of rotatable bonds is 2. The summed E-state index contributed by atoms with van der Waals surface area (Å²) in [5.41, 5.74) is 9.72. The Bertz CT molecular complexity index is 1120. The molecule has 0 fully saturated rings. The molecule has 0 atom stereocenters. The zero-order chi connectivity index (χ0) is 16.8. The molecule has 0 bridgehead atoms. The van der Waals surface area contributed by atoms with Crippen LogP contribution in [-0.2, 0) is 0 Å². The van der Waals surface area contributed by atoms with Crippen LogP contribution in [0.2, 0.25) is 0 Å². The molecule has 2 aromatic heterocycles. The highest BCUT2D eigenvalue weighted by Gasteiger charge is 2.20. The number of hydrogen-bond acceptors (Lipinski definition) is 4. The van der Waals surface area contributed by atoms with Crippen LogP contribution in [0, 0.1) is 0 Å². The van der Waals surface area contributed by atoms with Gasteiger partial charge in [0.25, 0.3) is 0 Å². The Labute approximate surface area is 138 Å². The molecule has 2 aromatic carbocycles. The second-order valence-electron chi connectivity index (χ2n) is 6.22. The number of anilines is 1. The minimum atomic E-state index is -0.370. The number of fused-ring (bicyclic) bond motifs is 2. The summed E-state index contributed by atoms with van der Waals surface area (Å²) in [5, 5.41) is 1.83. The second kappa shape index (κ2) is 5.27. The first-order chi connectivity index (χ1) is 11.5. The molecule has 4 nitrogen and oxygen atoms in total. The van der Waals surface area contributed by atoms with Crippen LogP contribution in [0.3, 0.4) is 0 Å². The van der Waals surface area contributed by atoms with Gasteiger partial charge in [-0.2, -0.15) is 0 Å². The average Bonchev–Trinajstić information content (AvgIpc) is 2.91. The Morgan fingerprint density at radius 1 is 0.958 bits per heavy atom. The molecule has 0 spiro atoms. The van der Waals surface area contributed by atoms with E-state index in [0.29, 0.717) is 16.9 Å². The van der Waals surface area contributed by atoms with Crippen molar-refractivity contribution in [3.05, 3.63) is 64.7 Å². The van der Waals surface area contributed by atoms with E-state index in [1.54, 1.807) is 12.1 Å². The molecule has 4 heteroatoms. The molecule has 2 N–H and O–H groups in total. The smallest absolute Gasteiger partial charge is 0.336 e. The fourth-order valence-electron chi connectivity index (χ4n) is 3.09. The van der Waals surface area contributed by atoms with Crippen LogP contribution < -0.4 is 11.4 Å². The van der Waals surface area contributed by atoms with Crippen molar-refractivity contribution in [1.29, 1.82) is 0 Å². The zero-order valence-corrected chi connectivity index (χ0v) is 13.5. The Morgan fingerprint density at radius 3 is 2.50 bits per heavy atom. The first-order valence-electron chi connectivity index (χ1n) is 7.90. The van der Waals surface area contributed by atoms with Crippen LogP contribution in [0.1, 0.15) is 25.5 Å². The molecule has 2 heterocycles. The van der Waals surface area contributed by atoms with Crippen LogP contribution in [-0.4, -0.2) is 0 Å². The van der Waals surface area contributed by atoms with Crippen molar-refractivity contribution < 1.29 is 8.83 Å². The minimum Gasteiger partial charge on any atom is -0.460 e. The average molecular weight is 319 g/mol. The lowest BCUT2D eigenvalue weighted by Crippen LogP contribution is -1.94. The van der Waals surface area contributed by atoms with E-state index in [9.17, 15) is 4.79 Å². The molecule has 0 aliphatic heterocycles. The van der Waals surface area contributed by atoms with Crippen molar-refractivity contribution in [1.82, 2.24) is 0 Å². The highest BCUT2D eigenvalue weighted by molar-refractivity contribution is 6.04. The lowest BCUT2D eigenvalue weighted by Gasteiger charge is -2.08. The molecule has 0 aliphatic carbocycles. The Kier molecular flexibility index (Phi) is 3.20. The number of para-hydroxylation sites is 1. The quantitative estimate of drug-likeness (QED) is 0.421. The molecule has 24 heavy (non-hydrogen) atoms. The highest BCUT2D eigenvalue weighted by Crippen LogP contribution is 2.41. The number of nitrogens with two attached hydrogens (primary N) is 1. The van der Waals surface area contributed by atoms with E-state index in [1.807, 2.05) is 30.3 Å². The summed E-state index contributed by atoms with van der Waals surface area (Å²) in [4.78, 5) is 11.5. The standard InChI is InChI=1S/C20H17NO3/c1-11(2)20-19(13-5-3-4-6-15(13)21)14-9-12-7-8-18(22)23-16(12)10-17(14)24-20/h3-11H,21H2,1-2H3. The third-order valence-corrected chi connectivity index (χ3v) is 4.21. The Balaban J connectivity index is 2.14. The van der Waals surface area contributed by atoms with Gasteiger partial charge in [0, 0.05) is 45.6 Å². The second-order valence-corrected chi connectivity index (χ2v) is 6.22. The van der Waals surface area contributed by atoms with Crippen LogP contribution in [0.15, 0.2) is 62.2 Å². The van der Waals surface area contributed by atoms with Crippen LogP contribution in [0.5, 0.6) is 0 Å². The lowest BCUT2D eigenvalue weighted by molar-refractivity contribution is 0.521. The Morgan fingerprint density at radius 2 is 1.75 bits per heavy atom. The summed E-state index contributed by atoms with van der Waals surface area (Å²) in [6, 6.07) is 14.7. The van der Waals surface area contributed by atoms with E-state index >= 15 is 0 Å². The first-order valence-corrected chi connectivity index (χ1v) is 7.90. The molecule has 0 radical (unpaired) electrons. The van der Waals surface area contributed by atoms with Crippen LogP contribution in [0.4, 0.5) is 5.69 Å². The maximum Gasteiger partial charge on any atom is 0.336 e. The van der Waals surface area contributed by atoms with Crippen molar-refractivity contribution in [3.8, 4) is 11.1 Å². The van der Waals surface area contributed by atoms with E-state index in [4.69, 9.17) is 14.6 Å². The number of benzene rings is 2. The van der Waals surface area contributed by atoms with Crippen molar-refractivity contribution in [3.63, 3.8) is 0 Å². The Hall–Kier alpha value is -3.01. The van der Waals surface area contributed by atoms with Gasteiger partial charge in [0.15, 0.2) is 0 Å². The van der Waals surface area contributed by atoms with Gasteiger partial charge in [-0.3, -0.25) is 0 Å². The van der Waals surface area contributed by atoms with Gasteiger partial charge in [-0.1, -0.05) is 32.0 Å². The van der Waals surface area contributed by atoms with E-state index in [2.05, 4.69) is 13.8 Å². The predicted molar refractivity (Wildman–Crippen MR) is 96.2 cm³/mol. The molecular weight excluding hydrogens is 302 g/mol. The number of hydrogen-bond donors (Lipinski definition) is 1. The van der Waals surface area contributed by atoms with Gasteiger partial charge in [-0.25, -0.2) is 4.79 Å². The number of furan rings is 1.